The highest BCUT2D eigenvalue weighted by molar-refractivity contribution is 7.15. The first-order valence-corrected chi connectivity index (χ1v) is 9.64. The molecule has 3 heterocycles. The maximum Gasteiger partial charge on any atom is 0.232 e. The third-order valence-electron chi connectivity index (χ3n) is 5.46. The molecule has 0 saturated heterocycles. The Kier molecular flexibility index (Phi) is 3.35. The second-order valence-corrected chi connectivity index (χ2v) is 8.06. The van der Waals surface area contributed by atoms with E-state index in [1.54, 1.807) is 0 Å². The first-order valence-electron chi connectivity index (χ1n) is 8.83. The predicted octanol–water partition coefficient (Wildman–Crippen LogP) is 3.21. The molecule has 3 N–H and O–H groups in total. The Morgan fingerprint density at radius 2 is 2.20 bits per heavy atom. The average molecular weight is 352 g/mol. The summed E-state index contributed by atoms with van der Waals surface area (Å²) in [6.45, 7) is 1.44. The molecule has 1 aliphatic carbocycles. The number of H-pyrrole nitrogens is 1. The van der Waals surface area contributed by atoms with Crippen LogP contribution in [-0.2, 0) is 24.2 Å². The molecule has 0 saturated carbocycles. The highest BCUT2D eigenvalue weighted by Gasteiger charge is 2.34. The number of nitrogen functional groups attached to an aromatic ring is 1. The van der Waals surface area contributed by atoms with Crippen LogP contribution < -0.4 is 5.73 Å². The molecular weight excluding hydrogens is 332 g/mol. The van der Waals surface area contributed by atoms with E-state index < -0.39 is 0 Å². The first-order chi connectivity index (χ1) is 12.2. The van der Waals surface area contributed by atoms with Crippen LogP contribution in [0, 0.1) is 0 Å². The second kappa shape index (κ2) is 5.59. The molecule has 25 heavy (non-hydrogen) atoms. The first kappa shape index (κ1) is 15.0. The van der Waals surface area contributed by atoms with Crippen LogP contribution in [0.2, 0.25) is 0 Å². The molecule has 0 bridgehead atoms. The standard InChI is InChI=1S/C19H20N4OS/c20-19-22-17-13(5-3-7-16(17)25-19)18(24)23-9-8-12-11-4-1-2-6-14(11)21-15(12)10-23/h1-2,4,6,13,21H,3,5,7-10H2,(H2,20,22). The number of anilines is 1. The second-order valence-electron chi connectivity index (χ2n) is 6.94. The fourth-order valence-corrected chi connectivity index (χ4v) is 5.21. The fraction of sp³-hybridized carbons (Fsp3) is 0.368. The zero-order valence-electron chi connectivity index (χ0n) is 13.9. The molecular formula is C19H20N4OS. The Balaban J connectivity index is 1.44. The van der Waals surface area contributed by atoms with Crippen LogP contribution in [0.1, 0.15) is 40.6 Å². The molecule has 128 valence electrons. The molecule has 5 nitrogen and oxygen atoms in total. The molecule has 0 fully saturated rings. The number of hydrogen-bond donors (Lipinski definition) is 2. The van der Waals surface area contributed by atoms with E-state index in [2.05, 4.69) is 28.2 Å². The lowest BCUT2D eigenvalue weighted by Crippen LogP contribution is -2.39. The van der Waals surface area contributed by atoms with E-state index in [1.807, 2.05) is 11.0 Å². The lowest BCUT2D eigenvalue weighted by molar-refractivity contribution is -0.134. The van der Waals surface area contributed by atoms with Crippen molar-refractivity contribution in [1.29, 1.82) is 0 Å². The summed E-state index contributed by atoms with van der Waals surface area (Å²) in [5, 5.41) is 1.87. The van der Waals surface area contributed by atoms with E-state index in [4.69, 9.17) is 5.73 Å². The normalized spacial score (nSPS) is 19.7. The number of benzene rings is 1. The Morgan fingerprint density at radius 3 is 3.12 bits per heavy atom. The number of para-hydroxylation sites is 1. The number of hydrogen-bond acceptors (Lipinski definition) is 4. The van der Waals surface area contributed by atoms with E-state index in [-0.39, 0.29) is 11.8 Å². The summed E-state index contributed by atoms with van der Waals surface area (Å²) in [7, 11) is 0. The Bertz CT molecular complexity index is 973. The van der Waals surface area contributed by atoms with Crippen molar-refractivity contribution in [2.45, 2.75) is 38.1 Å². The van der Waals surface area contributed by atoms with Gasteiger partial charge in [-0.05, 0) is 37.3 Å². The Morgan fingerprint density at radius 1 is 1.32 bits per heavy atom. The Hall–Kier alpha value is -2.34. The zero-order chi connectivity index (χ0) is 17.0. The van der Waals surface area contributed by atoms with E-state index in [0.717, 1.165) is 43.4 Å². The van der Waals surface area contributed by atoms with Crippen LogP contribution in [0.5, 0.6) is 0 Å². The van der Waals surface area contributed by atoms with E-state index in [9.17, 15) is 4.79 Å². The average Bonchev–Trinajstić information content (AvgIpc) is 3.19. The van der Waals surface area contributed by atoms with Gasteiger partial charge in [-0.2, -0.15) is 0 Å². The van der Waals surface area contributed by atoms with Gasteiger partial charge in [0.1, 0.15) is 0 Å². The molecule has 3 aromatic rings. The summed E-state index contributed by atoms with van der Waals surface area (Å²) in [5.74, 6) is 0.0822. The van der Waals surface area contributed by atoms with Gasteiger partial charge < -0.3 is 15.6 Å². The lowest BCUT2D eigenvalue weighted by atomic mass is 9.89. The van der Waals surface area contributed by atoms with Gasteiger partial charge in [-0.15, -0.1) is 11.3 Å². The summed E-state index contributed by atoms with van der Waals surface area (Å²) in [6.07, 6.45) is 3.82. The van der Waals surface area contributed by atoms with Crippen LogP contribution in [0.3, 0.4) is 0 Å². The quantitative estimate of drug-likeness (QED) is 0.706. The third kappa shape index (κ3) is 2.35. The largest absolute Gasteiger partial charge is 0.375 e. The number of aryl methyl sites for hydroxylation is 1. The fourth-order valence-electron chi connectivity index (χ4n) is 4.28. The van der Waals surface area contributed by atoms with Gasteiger partial charge in [-0.25, -0.2) is 4.98 Å². The van der Waals surface area contributed by atoms with Crippen molar-refractivity contribution in [3.05, 3.63) is 46.1 Å². The minimum absolute atomic E-state index is 0.122. The van der Waals surface area contributed by atoms with Crippen molar-refractivity contribution in [1.82, 2.24) is 14.9 Å². The van der Waals surface area contributed by atoms with Gasteiger partial charge in [0.25, 0.3) is 0 Å². The molecule has 5 rings (SSSR count). The van der Waals surface area contributed by atoms with Crippen LogP contribution in [-0.4, -0.2) is 27.3 Å². The SMILES string of the molecule is Nc1nc2c(s1)CCCC2C(=O)N1CCc2c([nH]c3ccccc23)C1. The number of carbonyl (C=O) groups excluding carboxylic acids is 1. The van der Waals surface area contributed by atoms with E-state index in [0.29, 0.717) is 11.7 Å². The minimum atomic E-state index is -0.122. The van der Waals surface area contributed by atoms with E-state index >= 15 is 0 Å². The van der Waals surface area contributed by atoms with Gasteiger partial charge in [0.2, 0.25) is 5.91 Å². The van der Waals surface area contributed by atoms with Gasteiger partial charge in [-0.3, -0.25) is 4.79 Å². The summed E-state index contributed by atoms with van der Waals surface area (Å²) >= 11 is 1.54. The number of nitrogens with zero attached hydrogens (tertiary/aromatic N) is 2. The molecule has 1 atom stereocenters. The molecule has 2 aromatic heterocycles. The Labute approximate surface area is 149 Å². The molecule has 1 aromatic carbocycles. The summed E-state index contributed by atoms with van der Waals surface area (Å²) in [5.41, 5.74) is 10.5. The summed E-state index contributed by atoms with van der Waals surface area (Å²) in [6, 6.07) is 8.38. The summed E-state index contributed by atoms with van der Waals surface area (Å²) < 4.78 is 0. The number of carbonyl (C=O) groups is 1. The predicted molar refractivity (Wildman–Crippen MR) is 99.6 cm³/mol. The maximum absolute atomic E-state index is 13.2. The van der Waals surface area contributed by atoms with Gasteiger partial charge in [0.15, 0.2) is 5.13 Å². The number of nitrogens with two attached hydrogens (primary N) is 1. The number of nitrogens with one attached hydrogen (secondary N) is 1. The number of amides is 1. The molecule has 0 spiro atoms. The van der Waals surface area contributed by atoms with E-state index in [1.165, 1.54) is 32.9 Å². The van der Waals surface area contributed by atoms with Crippen LogP contribution >= 0.6 is 11.3 Å². The monoisotopic (exact) mass is 352 g/mol. The molecule has 1 unspecified atom stereocenters. The topological polar surface area (TPSA) is 75.0 Å². The van der Waals surface area contributed by atoms with Crippen molar-refractivity contribution >= 4 is 33.3 Å². The van der Waals surface area contributed by atoms with Crippen molar-refractivity contribution in [2.75, 3.05) is 12.3 Å². The zero-order valence-corrected chi connectivity index (χ0v) is 14.7. The highest BCUT2D eigenvalue weighted by Crippen LogP contribution is 2.38. The van der Waals surface area contributed by atoms with Crippen molar-refractivity contribution < 1.29 is 4.79 Å². The van der Waals surface area contributed by atoms with Crippen molar-refractivity contribution in [2.24, 2.45) is 0 Å². The van der Waals surface area contributed by atoms with Gasteiger partial charge in [-0.1, -0.05) is 18.2 Å². The molecule has 0 radical (unpaired) electrons. The lowest BCUT2D eigenvalue weighted by Gasteiger charge is -2.31. The number of aromatic nitrogens is 2. The number of fused-ring (bicyclic) bond motifs is 4. The number of rotatable bonds is 1. The maximum atomic E-state index is 13.2. The summed E-state index contributed by atoms with van der Waals surface area (Å²) in [4.78, 5) is 24.3. The van der Waals surface area contributed by atoms with Gasteiger partial charge in [0.05, 0.1) is 18.2 Å². The van der Waals surface area contributed by atoms with Crippen molar-refractivity contribution in [3.63, 3.8) is 0 Å². The van der Waals surface area contributed by atoms with Gasteiger partial charge in [0, 0.05) is 28.0 Å². The van der Waals surface area contributed by atoms with Crippen LogP contribution in [0.15, 0.2) is 24.3 Å². The van der Waals surface area contributed by atoms with Crippen molar-refractivity contribution in [3.8, 4) is 0 Å². The number of aromatic amines is 1. The molecule has 2 aliphatic rings. The minimum Gasteiger partial charge on any atom is -0.375 e. The van der Waals surface area contributed by atoms with Crippen LogP contribution in [0.25, 0.3) is 10.9 Å². The molecule has 6 heteroatoms. The molecule has 1 amide bonds. The van der Waals surface area contributed by atoms with Crippen LogP contribution in [0.4, 0.5) is 5.13 Å². The molecule has 1 aliphatic heterocycles. The smallest absolute Gasteiger partial charge is 0.232 e. The number of thiazole rings is 1. The third-order valence-corrected chi connectivity index (χ3v) is 6.42. The van der Waals surface area contributed by atoms with Gasteiger partial charge >= 0.3 is 0 Å². The highest BCUT2D eigenvalue weighted by atomic mass is 32.1.